The highest BCUT2D eigenvalue weighted by Gasteiger charge is 2.09. The molecule has 3 rings (SSSR count). The molecule has 7 heteroatoms. The fourth-order valence-corrected chi connectivity index (χ4v) is 3.14. The van der Waals surface area contributed by atoms with Crippen molar-refractivity contribution in [3.8, 4) is 10.6 Å². The quantitative estimate of drug-likeness (QED) is 0.721. The van der Waals surface area contributed by atoms with Gasteiger partial charge < -0.3 is 10.1 Å². The average Bonchev–Trinajstić information content (AvgIpc) is 3.21. The minimum absolute atomic E-state index is 0.328. The molecule has 0 saturated carbocycles. The average molecular weight is 342 g/mol. The van der Waals surface area contributed by atoms with E-state index in [4.69, 9.17) is 4.74 Å². The summed E-state index contributed by atoms with van der Waals surface area (Å²) in [5, 5.41) is 10.5. The van der Waals surface area contributed by atoms with Gasteiger partial charge in [0.2, 0.25) is 0 Å². The molecule has 0 fully saturated rings. The van der Waals surface area contributed by atoms with E-state index in [9.17, 15) is 4.79 Å². The lowest BCUT2D eigenvalue weighted by molar-refractivity contribution is 0.0600. The lowest BCUT2D eigenvalue weighted by Gasteiger charge is -2.09. The van der Waals surface area contributed by atoms with Crippen molar-refractivity contribution in [3.63, 3.8) is 0 Å². The van der Waals surface area contributed by atoms with Gasteiger partial charge in [0, 0.05) is 29.9 Å². The van der Waals surface area contributed by atoms with Crippen molar-refractivity contribution in [1.29, 1.82) is 0 Å². The van der Waals surface area contributed by atoms with E-state index >= 15 is 0 Å². The Morgan fingerprint density at radius 1 is 1.42 bits per heavy atom. The van der Waals surface area contributed by atoms with Gasteiger partial charge in [-0.25, -0.2) is 9.78 Å². The van der Waals surface area contributed by atoms with E-state index in [1.165, 1.54) is 7.11 Å². The van der Waals surface area contributed by atoms with Crippen LogP contribution in [0.15, 0.2) is 36.0 Å². The normalized spacial score (nSPS) is 10.6. The fraction of sp³-hybridized carbons (Fsp3) is 0.235. The second-order valence-corrected chi connectivity index (χ2v) is 6.28. The highest BCUT2D eigenvalue weighted by Crippen LogP contribution is 2.24. The summed E-state index contributed by atoms with van der Waals surface area (Å²) in [7, 11) is 3.27. The first-order valence-corrected chi connectivity index (χ1v) is 8.31. The smallest absolute Gasteiger partial charge is 0.337 e. The highest BCUT2D eigenvalue weighted by atomic mass is 32.1. The summed E-state index contributed by atoms with van der Waals surface area (Å²) in [4.78, 5) is 16.2. The lowest BCUT2D eigenvalue weighted by Crippen LogP contribution is -2.05. The zero-order valence-electron chi connectivity index (χ0n) is 13.7. The third-order valence-electron chi connectivity index (χ3n) is 3.61. The topological polar surface area (TPSA) is 69.0 Å². The van der Waals surface area contributed by atoms with Crippen molar-refractivity contribution in [2.45, 2.75) is 13.5 Å². The number of hydrogen-bond acceptors (Lipinski definition) is 6. The van der Waals surface area contributed by atoms with Crippen LogP contribution in [0.25, 0.3) is 10.6 Å². The van der Waals surface area contributed by atoms with Gasteiger partial charge in [0.25, 0.3) is 0 Å². The van der Waals surface area contributed by atoms with Crippen LogP contribution in [-0.4, -0.2) is 27.8 Å². The van der Waals surface area contributed by atoms with Gasteiger partial charge in [-0.15, -0.1) is 11.3 Å². The first-order chi connectivity index (χ1) is 11.6. The van der Waals surface area contributed by atoms with Crippen LogP contribution in [0.2, 0.25) is 0 Å². The standard InChI is InChI=1S/C17H18N4O2S/c1-11-6-12(17(22)23-3)4-5-15(11)18-8-14-10-24-16(20-14)13-7-19-21(2)9-13/h4-7,9-10,18H,8H2,1-3H3. The van der Waals surface area contributed by atoms with Crippen molar-refractivity contribution in [3.05, 3.63) is 52.8 Å². The Bertz CT molecular complexity index is 869. The van der Waals surface area contributed by atoms with Crippen LogP contribution in [0.4, 0.5) is 5.69 Å². The highest BCUT2D eigenvalue weighted by molar-refractivity contribution is 7.13. The van der Waals surface area contributed by atoms with Gasteiger partial charge >= 0.3 is 5.97 Å². The summed E-state index contributed by atoms with van der Waals surface area (Å²) < 4.78 is 6.50. The summed E-state index contributed by atoms with van der Waals surface area (Å²) >= 11 is 1.60. The van der Waals surface area contributed by atoms with Gasteiger partial charge in [-0.3, -0.25) is 4.68 Å². The van der Waals surface area contributed by atoms with Gasteiger partial charge in [0.1, 0.15) is 5.01 Å². The molecule has 1 aromatic carbocycles. The molecule has 1 N–H and O–H groups in total. The van der Waals surface area contributed by atoms with Crippen LogP contribution in [0, 0.1) is 6.92 Å². The molecule has 0 saturated heterocycles. The number of hydrogen-bond donors (Lipinski definition) is 1. The Balaban J connectivity index is 1.68. The number of rotatable bonds is 5. The van der Waals surface area contributed by atoms with Gasteiger partial charge in [-0.2, -0.15) is 5.10 Å². The van der Waals surface area contributed by atoms with Crippen LogP contribution < -0.4 is 5.32 Å². The van der Waals surface area contributed by atoms with Gasteiger partial charge in [-0.1, -0.05) is 0 Å². The molecular weight excluding hydrogens is 324 g/mol. The van der Waals surface area contributed by atoms with Crippen LogP contribution in [-0.2, 0) is 18.3 Å². The second-order valence-electron chi connectivity index (χ2n) is 5.42. The maximum absolute atomic E-state index is 11.5. The number of aryl methyl sites for hydroxylation is 2. The molecule has 6 nitrogen and oxygen atoms in total. The van der Waals surface area contributed by atoms with Gasteiger partial charge in [0.05, 0.1) is 31.1 Å². The summed E-state index contributed by atoms with van der Waals surface area (Å²) in [6.07, 6.45) is 3.76. The number of anilines is 1. The first kappa shape index (κ1) is 16.2. The van der Waals surface area contributed by atoms with Crippen molar-refractivity contribution in [1.82, 2.24) is 14.8 Å². The van der Waals surface area contributed by atoms with Gasteiger partial charge in [-0.05, 0) is 30.7 Å². The van der Waals surface area contributed by atoms with Crippen LogP contribution >= 0.6 is 11.3 Å². The SMILES string of the molecule is COC(=O)c1ccc(NCc2csc(-c3cnn(C)c3)n2)c(C)c1. The summed E-state index contributed by atoms with van der Waals surface area (Å²) in [5.41, 5.74) is 4.50. The number of nitrogens with one attached hydrogen (secondary N) is 1. The minimum Gasteiger partial charge on any atom is -0.465 e. The predicted molar refractivity (Wildman–Crippen MR) is 94.2 cm³/mol. The predicted octanol–water partition coefficient (Wildman–Crippen LogP) is 3.25. The van der Waals surface area contributed by atoms with Crippen LogP contribution in [0.1, 0.15) is 21.6 Å². The molecule has 0 amide bonds. The number of benzene rings is 1. The van der Waals surface area contributed by atoms with Gasteiger partial charge in [0.15, 0.2) is 0 Å². The number of aromatic nitrogens is 3. The molecule has 0 bridgehead atoms. The number of ether oxygens (including phenoxy) is 1. The molecule has 0 aliphatic carbocycles. The summed E-state index contributed by atoms with van der Waals surface area (Å²) in [6.45, 7) is 2.58. The Morgan fingerprint density at radius 3 is 2.92 bits per heavy atom. The van der Waals surface area contributed by atoms with Crippen molar-refractivity contribution in [2.75, 3.05) is 12.4 Å². The number of methoxy groups -OCH3 is 1. The van der Waals surface area contributed by atoms with E-state index in [1.807, 2.05) is 43.9 Å². The van der Waals surface area contributed by atoms with E-state index in [0.29, 0.717) is 12.1 Å². The van der Waals surface area contributed by atoms with Crippen LogP contribution in [0.5, 0.6) is 0 Å². The summed E-state index contributed by atoms with van der Waals surface area (Å²) in [5.74, 6) is -0.328. The first-order valence-electron chi connectivity index (χ1n) is 7.43. The molecule has 2 aromatic heterocycles. The zero-order valence-corrected chi connectivity index (χ0v) is 14.6. The fourth-order valence-electron chi connectivity index (χ4n) is 2.35. The third-order valence-corrected chi connectivity index (χ3v) is 4.55. The van der Waals surface area contributed by atoms with E-state index in [1.54, 1.807) is 22.1 Å². The summed E-state index contributed by atoms with van der Waals surface area (Å²) in [6, 6.07) is 5.45. The number of esters is 1. The van der Waals surface area contributed by atoms with E-state index in [0.717, 1.165) is 27.5 Å². The largest absolute Gasteiger partial charge is 0.465 e. The molecule has 2 heterocycles. The number of thiazole rings is 1. The Labute approximate surface area is 144 Å². The Hall–Kier alpha value is -2.67. The molecule has 0 atom stereocenters. The Morgan fingerprint density at radius 2 is 2.25 bits per heavy atom. The molecule has 124 valence electrons. The second kappa shape index (κ2) is 6.84. The molecule has 3 aromatic rings. The zero-order chi connectivity index (χ0) is 17.1. The third kappa shape index (κ3) is 3.46. The van der Waals surface area contributed by atoms with E-state index in [-0.39, 0.29) is 5.97 Å². The molecule has 0 spiro atoms. The van der Waals surface area contributed by atoms with E-state index in [2.05, 4.69) is 15.4 Å². The molecule has 0 aliphatic rings. The lowest BCUT2D eigenvalue weighted by atomic mass is 10.1. The molecule has 0 aliphatic heterocycles. The van der Waals surface area contributed by atoms with Crippen molar-refractivity contribution in [2.24, 2.45) is 7.05 Å². The maximum Gasteiger partial charge on any atom is 0.337 e. The van der Waals surface area contributed by atoms with Crippen LogP contribution in [0.3, 0.4) is 0 Å². The molecule has 0 radical (unpaired) electrons. The number of carbonyl (C=O) groups excluding carboxylic acids is 1. The van der Waals surface area contributed by atoms with Crippen molar-refractivity contribution < 1.29 is 9.53 Å². The molecular formula is C17H18N4O2S. The number of carbonyl (C=O) groups is 1. The number of nitrogens with zero attached hydrogens (tertiary/aromatic N) is 3. The molecule has 0 unspecified atom stereocenters. The minimum atomic E-state index is -0.328. The van der Waals surface area contributed by atoms with Crippen molar-refractivity contribution >= 4 is 23.0 Å². The Kier molecular flexibility index (Phi) is 4.61. The van der Waals surface area contributed by atoms with E-state index < -0.39 is 0 Å². The molecule has 24 heavy (non-hydrogen) atoms. The maximum atomic E-state index is 11.5. The monoisotopic (exact) mass is 342 g/mol.